The minimum absolute atomic E-state index is 0.101. The lowest BCUT2D eigenvalue weighted by molar-refractivity contribution is 0.00578. The van der Waals surface area contributed by atoms with Gasteiger partial charge in [-0.1, -0.05) is 28.1 Å². The van der Waals surface area contributed by atoms with E-state index in [0.717, 1.165) is 5.46 Å². The second-order valence-corrected chi connectivity index (χ2v) is 8.33. The molecule has 1 aliphatic rings. The summed E-state index contributed by atoms with van der Waals surface area (Å²) in [5, 5.41) is 5.15. The largest absolute Gasteiger partial charge is 0.494 e. The zero-order chi connectivity index (χ0) is 19.8. The minimum Gasteiger partial charge on any atom is -0.399 e. The molecule has 2 amide bonds. The predicted molar refractivity (Wildman–Crippen MR) is 109 cm³/mol. The van der Waals surface area contributed by atoms with E-state index in [1.807, 2.05) is 39.8 Å². The highest BCUT2D eigenvalue weighted by Crippen LogP contribution is 2.36. The van der Waals surface area contributed by atoms with Gasteiger partial charge in [-0.05, 0) is 63.5 Å². The third kappa shape index (κ3) is 4.34. The number of urea groups is 1. The molecule has 2 N–H and O–H groups in total. The van der Waals surface area contributed by atoms with Gasteiger partial charge in [0.25, 0.3) is 0 Å². The molecule has 1 heterocycles. The Hall–Kier alpha value is -1.90. The van der Waals surface area contributed by atoms with Crippen molar-refractivity contribution in [2.24, 2.45) is 0 Å². The summed E-state index contributed by atoms with van der Waals surface area (Å²) in [5.74, 6) is -0.518. The molecular weight excluding hydrogens is 414 g/mol. The molecule has 8 heteroatoms. The van der Waals surface area contributed by atoms with Gasteiger partial charge < -0.3 is 19.9 Å². The summed E-state index contributed by atoms with van der Waals surface area (Å²) in [4.78, 5) is 12.1. The quantitative estimate of drug-likeness (QED) is 0.697. The van der Waals surface area contributed by atoms with Gasteiger partial charge in [-0.25, -0.2) is 9.18 Å². The van der Waals surface area contributed by atoms with E-state index >= 15 is 0 Å². The highest BCUT2D eigenvalue weighted by molar-refractivity contribution is 9.10. The molecular formula is C19H21BBrFN2O3. The van der Waals surface area contributed by atoms with Crippen LogP contribution in [0.15, 0.2) is 46.9 Å². The van der Waals surface area contributed by atoms with Crippen LogP contribution in [0.3, 0.4) is 0 Å². The van der Waals surface area contributed by atoms with Crippen molar-refractivity contribution in [1.82, 2.24) is 0 Å². The van der Waals surface area contributed by atoms with E-state index < -0.39 is 30.2 Å². The summed E-state index contributed by atoms with van der Waals surface area (Å²) in [6.07, 6.45) is 0. The lowest BCUT2D eigenvalue weighted by atomic mass is 9.79. The number of carbonyl (C=O) groups is 1. The number of halogens is 2. The van der Waals surface area contributed by atoms with E-state index in [1.165, 1.54) is 12.1 Å². The first-order valence-corrected chi connectivity index (χ1v) is 9.35. The van der Waals surface area contributed by atoms with Crippen LogP contribution in [0, 0.1) is 5.82 Å². The zero-order valence-corrected chi connectivity index (χ0v) is 17.2. The first-order valence-electron chi connectivity index (χ1n) is 8.56. The molecule has 0 aromatic heterocycles. The van der Waals surface area contributed by atoms with E-state index in [4.69, 9.17) is 9.31 Å². The van der Waals surface area contributed by atoms with Gasteiger partial charge in [0.05, 0.1) is 16.9 Å². The lowest BCUT2D eigenvalue weighted by Crippen LogP contribution is -2.41. The van der Waals surface area contributed by atoms with Gasteiger partial charge in [-0.15, -0.1) is 0 Å². The number of hydrogen-bond acceptors (Lipinski definition) is 3. The summed E-state index contributed by atoms with van der Waals surface area (Å²) in [7, 11) is -0.463. The van der Waals surface area contributed by atoms with Crippen molar-refractivity contribution in [1.29, 1.82) is 0 Å². The van der Waals surface area contributed by atoms with Gasteiger partial charge in [0.2, 0.25) is 0 Å². The van der Waals surface area contributed by atoms with Crippen LogP contribution in [0.5, 0.6) is 0 Å². The molecule has 1 aliphatic heterocycles. The van der Waals surface area contributed by atoms with Crippen LogP contribution in [0.4, 0.5) is 20.6 Å². The smallest absolute Gasteiger partial charge is 0.399 e. The fourth-order valence-corrected chi connectivity index (χ4v) is 2.91. The van der Waals surface area contributed by atoms with E-state index in [1.54, 1.807) is 18.2 Å². The van der Waals surface area contributed by atoms with Crippen LogP contribution in [0.1, 0.15) is 27.7 Å². The SMILES string of the molecule is CC1(C)OB(c2ccc(NC(=O)Nc3ccc(Br)cc3F)cc2)OC1(C)C. The average Bonchev–Trinajstić information content (AvgIpc) is 2.79. The van der Waals surface area contributed by atoms with Crippen LogP contribution >= 0.6 is 15.9 Å². The van der Waals surface area contributed by atoms with Crippen molar-refractivity contribution in [3.05, 3.63) is 52.8 Å². The zero-order valence-electron chi connectivity index (χ0n) is 15.6. The molecule has 0 bridgehead atoms. The van der Waals surface area contributed by atoms with Gasteiger partial charge in [0.1, 0.15) is 5.82 Å². The first kappa shape index (κ1) is 19.9. The maximum atomic E-state index is 13.8. The minimum atomic E-state index is -0.528. The Kier molecular flexibility index (Phi) is 5.34. The number of amides is 2. The number of nitrogens with one attached hydrogen (secondary N) is 2. The summed E-state index contributed by atoms with van der Waals surface area (Å²) < 4.78 is 26.4. The highest BCUT2D eigenvalue weighted by atomic mass is 79.9. The second kappa shape index (κ2) is 7.26. The molecule has 142 valence electrons. The Balaban J connectivity index is 1.63. The molecule has 0 spiro atoms. The van der Waals surface area contributed by atoms with E-state index in [-0.39, 0.29) is 5.69 Å². The molecule has 1 saturated heterocycles. The van der Waals surface area contributed by atoms with Gasteiger partial charge >= 0.3 is 13.1 Å². The normalized spacial score (nSPS) is 17.6. The molecule has 0 unspecified atom stereocenters. The standard InChI is InChI=1S/C19H21BBrFN2O3/c1-18(2)19(3,4)27-20(26-18)12-5-8-14(9-6-12)23-17(25)24-16-10-7-13(21)11-15(16)22/h5-11H,1-4H3,(H2,23,24,25). The van der Waals surface area contributed by atoms with Crippen molar-refractivity contribution < 1.29 is 18.5 Å². The third-order valence-corrected chi connectivity index (χ3v) is 5.37. The first-order chi connectivity index (χ1) is 12.6. The van der Waals surface area contributed by atoms with Crippen LogP contribution in [0.2, 0.25) is 0 Å². The van der Waals surface area contributed by atoms with Gasteiger partial charge in [0, 0.05) is 10.2 Å². The maximum Gasteiger partial charge on any atom is 0.494 e. The molecule has 3 rings (SSSR count). The molecule has 2 aromatic rings. The second-order valence-electron chi connectivity index (χ2n) is 7.41. The predicted octanol–water partition coefficient (Wildman–Crippen LogP) is 4.53. The Bertz CT molecular complexity index is 843. The summed E-state index contributed by atoms with van der Waals surface area (Å²) >= 11 is 3.18. The summed E-state index contributed by atoms with van der Waals surface area (Å²) in [6.45, 7) is 7.98. The van der Waals surface area contributed by atoms with Crippen LogP contribution in [-0.4, -0.2) is 24.4 Å². The Morgan fingerprint density at radius 3 is 2.15 bits per heavy atom. The topological polar surface area (TPSA) is 59.6 Å². The Labute approximate surface area is 166 Å². The molecule has 5 nitrogen and oxygen atoms in total. The van der Waals surface area contributed by atoms with Gasteiger partial charge in [0.15, 0.2) is 0 Å². The van der Waals surface area contributed by atoms with E-state index in [2.05, 4.69) is 26.6 Å². The van der Waals surface area contributed by atoms with Crippen molar-refractivity contribution >= 4 is 45.9 Å². The molecule has 2 aromatic carbocycles. The average molecular weight is 435 g/mol. The highest BCUT2D eigenvalue weighted by Gasteiger charge is 2.51. The number of hydrogen-bond donors (Lipinski definition) is 2. The van der Waals surface area contributed by atoms with E-state index in [0.29, 0.717) is 10.2 Å². The molecule has 0 saturated carbocycles. The number of carbonyl (C=O) groups excluding carboxylic acids is 1. The Morgan fingerprint density at radius 1 is 1.00 bits per heavy atom. The summed E-state index contributed by atoms with van der Waals surface area (Å²) in [6, 6.07) is 11.1. The maximum absolute atomic E-state index is 13.8. The van der Waals surface area contributed by atoms with Crippen molar-refractivity contribution in [3.8, 4) is 0 Å². The van der Waals surface area contributed by atoms with Gasteiger partial charge in [-0.3, -0.25) is 0 Å². The molecule has 0 aliphatic carbocycles. The number of anilines is 2. The monoisotopic (exact) mass is 434 g/mol. The molecule has 0 radical (unpaired) electrons. The van der Waals surface area contributed by atoms with Gasteiger partial charge in [-0.2, -0.15) is 0 Å². The van der Waals surface area contributed by atoms with Crippen LogP contribution in [0.25, 0.3) is 0 Å². The fourth-order valence-electron chi connectivity index (χ4n) is 2.58. The lowest BCUT2D eigenvalue weighted by Gasteiger charge is -2.32. The molecule has 1 fully saturated rings. The van der Waals surface area contributed by atoms with E-state index in [9.17, 15) is 9.18 Å². The van der Waals surface area contributed by atoms with Crippen LogP contribution in [-0.2, 0) is 9.31 Å². The summed E-state index contributed by atoms with van der Waals surface area (Å²) in [5.41, 5.74) is 0.709. The molecule has 0 atom stereocenters. The van der Waals surface area contributed by atoms with Crippen molar-refractivity contribution in [3.63, 3.8) is 0 Å². The van der Waals surface area contributed by atoms with Crippen molar-refractivity contribution in [2.75, 3.05) is 10.6 Å². The third-order valence-electron chi connectivity index (χ3n) is 4.87. The fraction of sp³-hybridized carbons (Fsp3) is 0.316. The number of rotatable bonds is 3. The number of benzene rings is 2. The Morgan fingerprint density at radius 2 is 1.59 bits per heavy atom. The molecule has 27 heavy (non-hydrogen) atoms. The van der Waals surface area contributed by atoms with Crippen LogP contribution < -0.4 is 16.1 Å². The van der Waals surface area contributed by atoms with Crippen molar-refractivity contribution in [2.45, 2.75) is 38.9 Å².